The highest BCUT2D eigenvalue weighted by Crippen LogP contribution is 2.20. The van der Waals surface area contributed by atoms with Gasteiger partial charge in [-0.05, 0) is 38.5 Å². The van der Waals surface area contributed by atoms with E-state index in [2.05, 4.69) is 0 Å². The van der Waals surface area contributed by atoms with E-state index in [1.54, 1.807) is 0 Å². The van der Waals surface area contributed by atoms with Crippen LogP contribution in [0.1, 0.15) is 39.0 Å². The number of hydrogen-bond acceptors (Lipinski definition) is 3. The predicted octanol–water partition coefficient (Wildman–Crippen LogP) is 0.735. The summed E-state index contributed by atoms with van der Waals surface area (Å²) in [4.78, 5) is 13.8. The second-order valence-electron chi connectivity index (χ2n) is 4.88. The number of amides is 1. The van der Waals surface area contributed by atoms with Crippen molar-refractivity contribution >= 4 is 5.91 Å². The van der Waals surface area contributed by atoms with Crippen LogP contribution in [0.25, 0.3) is 0 Å². The molecule has 4 nitrogen and oxygen atoms in total. The fourth-order valence-electron chi connectivity index (χ4n) is 2.22. The standard InChI is InChI=1S/C12H24N2O2/c1-10(13)4-5-12(16)14-7-2-3-11(9-14)6-8-15/h10-11,15H,2-9,13H2,1H3. The first kappa shape index (κ1) is 13.5. The maximum absolute atomic E-state index is 11.9. The molecule has 4 heteroatoms. The van der Waals surface area contributed by atoms with Crippen LogP contribution in [-0.2, 0) is 4.79 Å². The molecule has 1 fully saturated rings. The Morgan fingerprint density at radius 1 is 1.62 bits per heavy atom. The van der Waals surface area contributed by atoms with Gasteiger partial charge in [-0.15, -0.1) is 0 Å². The van der Waals surface area contributed by atoms with Crippen LogP contribution in [0.15, 0.2) is 0 Å². The first-order valence-electron chi connectivity index (χ1n) is 6.27. The third kappa shape index (κ3) is 4.49. The molecule has 1 heterocycles. The normalized spacial score (nSPS) is 23.2. The maximum atomic E-state index is 11.9. The van der Waals surface area contributed by atoms with Crippen molar-refractivity contribution < 1.29 is 9.90 Å². The Balaban J connectivity index is 2.32. The lowest BCUT2D eigenvalue weighted by Gasteiger charge is -2.32. The highest BCUT2D eigenvalue weighted by atomic mass is 16.3. The number of aliphatic hydroxyl groups excluding tert-OH is 1. The fourth-order valence-corrected chi connectivity index (χ4v) is 2.22. The number of carbonyl (C=O) groups is 1. The lowest BCUT2D eigenvalue weighted by molar-refractivity contribution is -0.133. The first-order chi connectivity index (χ1) is 7.63. The molecule has 1 saturated heterocycles. The Hall–Kier alpha value is -0.610. The van der Waals surface area contributed by atoms with Crippen molar-refractivity contribution in [2.45, 2.75) is 45.1 Å². The summed E-state index contributed by atoms with van der Waals surface area (Å²) >= 11 is 0. The fraction of sp³-hybridized carbons (Fsp3) is 0.917. The van der Waals surface area contributed by atoms with Crippen molar-refractivity contribution in [2.24, 2.45) is 11.7 Å². The highest BCUT2D eigenvalue weighted by Gasteiger charge is 2.22. The van der Waals surface area contributed by atoms with Gasteiger partial charge < -0.3 is 15.7 Å². The monoisotopic (exact) mass is 228 g/mol. The average molecular weight is 228 g/mol. The van der Waals surface area contributed by atoms with E-state index in [4.69, 9.17) is 10.8 Å². The molecule has 16 heavy (non-hydrogen) atoms. The van der Waals surface area contributed by atoms with Crippen LogP contribution in [0.5, 0.6) is 0 Å². The molecule has 0 aromatic rings. The number of carbonyl (C=O) groups excluding carboxylic acids is 1. The Kier molecular flexibility index (Phi) is 5.77. The predicted molar refractivity (Wildman–Crippen MR) is 63.9 cm³/mol. The van der Waals surface area contributed by atoms with Crippen LogP contribution in [0.4, 0.5) is 0 Å². The number of nitrogens with two attached hydrogens (primary N) is 1. The molecule has 0 bridgehead atoms. The number of likely N-dealkylation sites (tertiary alicyclic amines) is 1. The second-order valence-corrected chi connectivity index (χ2v) is 4.88. The Bertz CT molecular complexity index is 217. The van der Waals surface area contributed by atoms with Gasteiger partial charge in [0.05, 0.1) is 0 Å². The quantitative estimate of drug-likeness (QED) is 0.729. The maximum Gasteiger partial charge on any atom is 0.222 e. The largest absolute Gasteiger partial charge is 0.396 e. The molecule has 1 aliphatic heterocycles. The van der Waals surface area contributed by atoms with E-state index in [-0.39, 0.29) is 18.6 Å². The van der Waals surface area contributed by atoms with Crippen molar-refractivity contribution in [3.63, 3.8) is 0 Å². The molecule has 0 aromatic heterocycles. The van der Waals surface area contributed by atoms with E-state index >= 15 is 0 Å². The lowest BCUT2D eigenvalue weighted by atomic mass is 9.95. The van der Waals surface area contributed by atoms with Gasteiger partial charge in [-0.3, -0.25) is 4.79 Å². The molecular weight excluding hydrogens is 204 g/mol. The molecular formula is C12H24N2O2. The van der Waals surface area contributed by atoms with Gasteiger partial charge >= 0.3 is 0 Å². The number of nitrogens with zero attached hydrogens (tertiary/aromatic N) is 1. The summed E-state index contributed by atoms with van der Waals surface area (Å²) in [6.07, 6.45) is 4.34. The summed E-state index contributed by atoms with van der Waals surface area (Å²) < 4.78 is 0. The van der Waals surface area contributed by atoms with Crippen molar-refractivity contribution in [1.82, 2.24) is 4.90 Å². The molecule has 3 N–H and O–H groups in total. The van der Waals surface area contributed by atoms with Gasteiger partial charge in [-0.25, -0.2) is 0 Å². The number of piperidine rings is 1. The van der Waals surface area contributed by atoms with E-state index in [0.717, 1.165) is 38.8 Å². The SMILES string of the molecule is CC(N)CCC(=O)N1CCCC(CCO)C1. The number of rotatable bonds is 5. The summed E-state index contributed by atoms with van der Waals surface area (Å²) in [5, 5.41) is 8.90. The van der Waals surface area contributed by atoms with Gasteiger partial charge in [0.15, 0.2) is 0 Å². The summed E-state index contributed by atoms with van der Waals surface area (Å²) in [5.74, 6) is 0.706. The van der Waals surface area contributed by atoms with Crippen molar-refractivity contribution in [3.8, 4) is 0 Å². The molecule has 0 aliphatic carbocycles. The highest BCUT2D eigenvalue weighted by molar-refractivity contribution is 5.76. The Morgan fingerprint density at radius 2 is 2.38 bits per heavy atom. The molecule has 1 rings (SSSR count). The minimum atomic E-state index is 0.0991. The third-order valence-electron chi connectivity index (χ3n) is 3.22. The van der Waals surface area contributed by atoms with E-state index in [1.165, 1.54) is 0 Å². The zero-order chi connectivity index (χ0) is 12.0. The van der Waals surface area contributed by atoms with Gasteiger partial charge in [0, 0.05) is 32.2 Å². The van der Waals surface area contributed by atoms with Crippen LogP contribution >= 0.6 is 0 Å². The van der Waals surface area contributed by atoms with Crippen LogP contribution in [-0.4, -0.2) is 41.7 Å². The molecule has 0 aromatic carbocycles. The van der Waals surface area contributed by atoms with Crippen LogP contribution in [0.3, 0.4) is 0 Å². The summed E-state index contributed by atoms with van der Waals surface area (Å²) in [5.41, 5.74) is 5.64. The molecule has 2 atom stereocenters. The Morgan fingerprint density at radius 3 is 3.00 bits per heavy atom. The van der Waals surface area contributed by atoms with Crippen molar-refractivity contribution in [1.29, 1.82) is 0 Å². The molecule has 1 aliphatic rings. The third-order valence-corrected chi connectivity index (χ3v) is 3.22. The average Bonchev–Trinajstić information content (AvgIpc) is 2.26. The van der Waals surface area contributed by atoms with E-state index in [9.17, 15) is 4.79 Å². The zero-order valence-corrected chi connectivity index (χ0v) is 10.2. The van der Waals surface area contributed by atoms with Gasteiger partial charge in [-0.2, -0.15) is 0 Å². The van der Waals surface area contributed by atoms with Crippen LogP contribution in [0.2, 0.25) is 0 Å². The smallest absolute Gasteiger partial charge is 0.222 e. The van der Waals surface area contributed by atoms with Gasteiger partial charge in [0.2, 0.25) is 5.91 Å². The van der Waals surface area contributed by atoms with Crippen molar-refractivity contribution in [3.05, 3.63) is 0 Å². The first-order valence-corrected chi connectivity index (χ1v) is 6.27. The van der Waals surface area contributed by atoms with Gasteiger partial charge in [-0.1, -0.05) is 0 Å². The van der Waals surface area contributed by atoms with E-state index < -0.39 is 0 Å². The van der Waals surface area contributed by atoms with Gasteiger partial charge in [0.25, 0.3) is 0 Å². The molecule has 0 radical (unpaired) electrons. The lowest BCUT2D eigenvalue weighted by Crippen LogP contribution is -2.40. The minimum absolute atomic E-state index is 0.0991. The molecule has 94 valence electrons. The molecule has 0 spiro atoms. The minimum Gasteiger partial charge on any atom is -0.396 e. The Labute approximate surface area is 97.8 Å². The van der Waals surface area contributed by atoms with Crippen molar-refractivity contribution in [2.75, 3.05) is 19.7 Å². The van der Waals surface area contributed by atoms with Gasteiger partial charge in [0.1, 0.15) is 0 Å². The molecule has 0 saturated carbocycles. The summed E-state index contributed by atoms with van der Waals surface area (Å²) in [6, 6.07) is 0.0991. The topological polar surface area (TPSA) is 66.6 Å². The van der Waals surface area contributed by atoms with Crippen LogP contribution < -0.4 is 5.73 Å². The zero-order valence-electron chi connectivity index (χ0n) is 10.2. The molecule has 1 amide bonds. The van der Waals surface area contributed by atoms with E-state index in [0.29, 0.717) is 12.3 Å². The van der Waals surface area contributed by atoms with Crippen LogP contribution in [0, 0.1) is 5.92 Å². The summed E-state index contributed by atoms with van der Waals surface area (Å²) in [7, 11) is 0. The van der Waals surface area contributed by atoms with E-state index in [1.807, 2.05) is 11.8 Å². The summed E-state index contributed by atoms with van der Waals surface area (Å²) in [6.45, 7) is 3.85. The number of hydrogen-bond donors (Lipinski definition) is 2. The molecule has 2 unspecified atom stereocenters. The number of aliphatic hydroxyl groups is 1. The second kappa shape index (κ2) is 6.86.